The Morgan fingerprint density at radius 2 is 1.92 bits per heavy atom. The lowest BCUT2D eigenvalue weighted by atomic mass is 10.1. The molecule has 0 aromatic carbocycles. The highest BCUT2D eigenvalue weighted by molar-refractivity contribution is 5.81. The van der Waals surface area contributed by atoms with E-state index < -0.39 is 5.97 Å². The van der Waals surface area contributed by atoms with Gasteiger partial charge in [-0.1, -0.05) is 13.8 Å². The SMILES string of the molecule is CCN(CC(=O)O)C(=O)CC(C)C. The molecule has 0 aliphatic carbocycles. The van der Waals surface area contributed by atoms with E-state index >= 15 is 0 Å². The lowest BCUT2D eigenvalue weighted by molar-refractivity contribution is -0.144. The minimum absolute atomic E-state index is 0.0834. The predicted molar refractivity (Wildman–Crippen MR) is 49.3 cm³/mol. The van der Waals surface area contributed by atoms with Gasteiger partial charge in [-0.15, -0.1) is 0 Å². The van der Waals surface area contributed by atoms with Crippen LogP contribution in [-0.4, -0.2) is 35.0 Å². The Hall–Kier alpha value is -1.06. The summed E-state index contributed by atoms with van der Waals surface area (Å²) in [4.78, 5) is 23.1. The van der Waals surface area contributed by atoms with Crippen molar-refractivity contribution in [3.05, 3.63) is 0 Å². The summed E-state index contributed by atoms with van der Waals surface area (Å²) in [7, 11) is 0. The number of hydrogen-bond donors (Lipinski definition) is 1. The second kappa shape index (κ2) is 5.56. The third-order valence-electron chi connectivity index (χ3n) is 1.64. The highest BCUT2D eigenvalue weighted by Gasteiger charge is 2.15. The van der Waals surface area contributed by atoms with Crippen LogP contribution in [0.15, 0.2) is 0 Å². The fourth-order valence-corrected chi connectivity index (χ4v) is 1.02. The second-order valence-corrected chi connectivity index (χ2v) is 3.40. The van der Waals surface area contributed by atoms with Crippen LogP contribution in [0.5, 0.6) is 0 Å². The average molecular weight is 187 g/mol. The molecule has 0 atom stereocenters. The number of likely N-dealkylation sites (N-methyl/N-ethyl adjacent to an activating group) is 1. The van der Waals surface area contributed by atoms with E-state index in [9.17, 15) is 9.59 Å². The highest BCUT2D eigenvalue weighted by Crippen LogP contribution is 2.03. The normalized spacial score (nSPS) is 10.2. The Morgan fingerprint density at radius 1 is 1.38 bits per heavy atom. The molecule has 0 spiro atoms. The molecule has 13 heavy (non-hydrogen) atoms. The number of amides is 1. The largest absolute Gasteiger partial charge is 0.480 e. The zero-order chi connectivity index (χ0) is 10.4. The third kappa shape index (κ3) is 5.22. The van der Waals surface area contributed by atoms with Gasteiger partial charge < -0.3 is 10.0 Å². The van der Waals surface area contributed by atoms with Crippen LogP contribution in [0.25, 0.3) is 0 Å². The van der Waals surface area contributed by atoms with Crippen LogP contribution >= 0.6 is 0 Å². The Labute approximate surface area is 78.5 Å². The number of carboxylic acids is 1. The van der Waals surface area contributed by atoms with Crippen LogP contribution in [0.4, 0.5) is 0 Å². The van der Waals surface area contributed by atoms with Crippen molar-refractivity contribution in [2.45, 2.75) is 27.2 Å². The van der Waals surface area contributed by atoms with Crippen molar-refractivity contribution in [1.29, 1.82) is 0 Å². The predicted octanol–water partition coefficient (Wildman–Crippen LogP) is 0.966. The monoisotopic (exact) mass is 187 g/mol. The second-order valence-electron chi connectivity index (χ2n) is 3.40. The average Bonchev–Trinajstić information content (AvgIpc) is 1.98. The molecule has 0 radical (unpaired) electrons. The Bertz CT molecular complexity index is 189. The maximum Gasteiger partial charge on any atom is 0.323 e. The van der Waals surface area contributed by atoms with Crippen molar-refractivity contribution in [3.8, 4) is 0 Å². The maximum atomic E-state index is 11.4. The molecule has 0 aromatic heterocycles. The van der Waals surface area contributed by atoms with Gasteiger partial charge in [-0.3, -0.25) is 9.59 Å². The zero-order valence-electron chi connectivity index (χ0n) is 8.41. The van der Waals surface area contributed by atoms with Gasteiger partial charge in [0.25, 0.3) is 0 Å². The van der Waals surface area contributed by atoms with Gasteiger partial charge in [0.2, 0.25) is 5.91 Å². The van der Waals surface area contributed by atoms with Gasteiger partial charge in [0.1, 0.15) is 6.54 Å². The first-order chi connectivity index (χ1) is 5.97. The summed E-state index contributed by atoms with van der Waals surface area (Å²) in [6, 6.07) is 0. The maximum absolute atomic E-state index is 11.4. The van der Waals surface area contributed by atoms with Crippen molar-refractivity contribution in [2.24, 2.45) is 5.92 Å². The zero-order valence-corrected chi connectivity index (χ0v) is 8.41. The summed E-state index contributed by atoms with van der Waals surface area (Å²) in [5.41, 5.74) is 0. The topological polar surface area (TPSA) is 57.6 Å². The lowest BCUT2D eigenvalue weighted by Gasteiger charge is -2.19. The number of rotatable bonds is 5. The van der Waals surface area contributed by atoms with E-state index in [0.29, 0.717) is 13.0 Å². The molecule has 1 N–H and O–H groups in total. The Balaban J connectivity index is 4.07. The minimum Gasteiger partial charge on any atom is -0.480 e. The summed E-state index contributed by atoms with van der Waals surface area (Å²) in [5, 5.41) is 8.50. The van der Waals surface area contributed by atoms with Crippen LogP contribution in [0.2, 0.25) is 0 Å². The quantitative estimate of drug-likeness (QED) is 0.697. The number of nitrogens with zero attached hydrogens (tertiary/aromatic N) is 1. The highest BCUT2D eigenvalue weighted by atomic mass is 16.4. The van der Waals surface area contributed by atoms with E-state index in [1.807, 2.05) is 13.8 Å². The number of carbonyl (C=O) groups is 2. The van der Waals surface area contributed by atoms with E-state index in [-0.39, 0.29) is 18.4 Å². The first kappa shape index (κ1) is 11.9. The first-order valence-corrected chi connectivity index (χ1v) is 4.47. The standard InChI is InChI=1S/C9H17NO3/c1-4-10(6-9(12)13)8(11)5-7(2)3/h7H,4-6H2,1-3H3,(H,12,13). The number of carbonyl (C=O) groups excluding carboxylic acids is 1. The van der Waals surface area contributed by atoms with Crippen molar-refractivity contribution < 1.29 is 14.7 Å². The molecule has 0 unspecified atom stereocenters. The summed E-state index contributed by atoms with van der Waals surface area (Å²) in [6.45, 7) is 5.92. The van der Waals surface area contributed by atoms with Crippen molar-refractivity contribution in [2.75, 3.05) is 13.1 Å². The first-order valence-electron chi connectivity index (χ1n) is 4.47. The van der Waals surface area contributed by atoms with E-state index in [0.717, 1.165) is 0 Å². The minimum atomic E-state index is -0.959. The molecule has 0 aliphatic heterocycles. The molecule has 0 heterocycles. The smallest absolute Gasteiger partial charge is 0.323 e. The van der Waals surface area contributed by atoms with E-state index in [4.69, 9.17) is 5.11 Å². The fourth-order valence-electron chi connectivity index (χ4n) is 1.02. The number of carboxylic acid groups (broad SMARTS) is 1. The van der Waals surface area contributed by atoms with Crippen molar-refractivity contribution >= 4 is 11.9 Å². The van der Waals surface area contributed by atoms with Gasteiger partial charge >= 0.3 is 5.97 Å². The summed E-state index contributed by atoms with van der Waals surface area (Å²) < 4.78 is 0. The van der Waals surface area contributed by atoms with Crippen molar-refractivity contribution in [1.82, 2.24) is 4.90 Å². The van der Waals surface area contributed by atoms with Gasteiger partial charge in [0.05, 0.1) is 0 Å². The van der Waals surface area contributed by atoms with Crippen LogP contribution in [0, 0.1) is 5.92 Å². The van der Waals surface area contributed by atoms with Crippen LogP contribution in [0.1, 0.15) is 27.2 Å². The van der Waals surface area contributed by atoms with E-state index in [1.54, 1.807) is 6.92 Å². The molecule has 1 amide bonds. The third-order valence-corrected chi connectivity index (χ3v) is 1.64. The summed E-state index contributed by atoms with van der Waals surface area (Å²) >= 11 is 0. The summed E-state index contributed by atoms with van der Waals surface area (Å²) in [5.74, 6) is -0.769. The molecule has 76 valence electrons. The number of aliphatic carboxylic acids is 1. The molecule has 0 fully saturated rings. The van der Waals surface area contributed by atoms with Gasteiger partial charge in [-0.2, -0.15) is 0 Å². The van der Waals surface area contributed by atoms with Crippen LogP contribution < -0.4 is 0 Å². The Morgan fingerprint density at radius 3 is 2.23 bits per heavy atom. The van der Waals surface area contributed by atoms with E-state index in [2.05, 4.69) is 0 Å². The van der Waals surface area contributed by atoms with Gasteiger partial charge in [0.15, 0.2) is 0 Å². The van der Waals surface area contributed by atoms with Gasteiger partial charge in [-0.05, 0) is 12.8 Å². The molecule has 0 aromatic rings. The molecule has 4 nitrogen and oxygen atoms in total. The molecule has 0 bridgehead atoms. The van der Waals surface area contributed by atoms with Crippen LogP contribution in [0.3, 0.4) is 0 Å². The van der Waals surface area contributed by atoms with Crippen molar-refractivity contribution in [3.63, 3.8) is 0 Å². The molecule has 4 heteroatoms. The fraction of sp³-hybridized carbons (Fsp3) is 0.778. The van der Waals surface area contributed by atoms with Crippen LogP contribution in [-0.2, 0) is 9.59 Å². The Kier molecular flexibility index (Phi) is 5.11. The molecule has 0 saturated carbocycles. The summed E-state index contributed by atoms with van der Waals surface area (Å²) in [6.07, 6.45) is 0.418. The van der Waals surface area contributed by atoms with Gasteiger partial charge in [0, 0.05) is 13.0 Å². The lowest BCUT2D eigenvalue weighted by Crippen LogP contribution is -2.35. The molecule has 0 saturated heterocycles. The molecule has 0 aliphatic rings. The molecule has 0 rings (SSSR count). The molecular weight excluding hydrogens is 170 g/mol. The number of hydrogen-bond acceptors (Lipinski definition) is 2. The van der Waals surface area contributed by atoms with Gasteiger partial charge in [-0.25, -0.2) is 0 Å². The van der Waals surface area contributed by atoms with E-state index in [1.165, 1.54) is 4.90 Å². The molecular formula is C9H17NO3.